The third kappa shape index (κ3) is 2.14. The molecule has 0 heterocycles. The molecule has 0 atom stereocenters. The number of aldehydes is 1. The van der Waals surface area contributed by atoms with Gasteiger partial charge in [-0.25, -0.2) is 0 Å². The molecule has 1 aromatic rings. The summed E-state index contributed by atoms with van der Waals surface area (Å²) in [6.45, 7) is 7.08. The molecule has 1 rings (SSSR count). The van der Waals surface area contributed by atoms with Crippen molar-refractivity contribution in [2.24, 2.45) is 0 Å². The smallest absolute Gasteiger partial charge is 0.154 e. The first-order chi connectivity index (χ1) is 7.65. The van der Waals surface area contributed by atoms with Gasteiger partial charge in [0.2, 0.25) is 0 Å². The van der Waals surface area contributed by atoms with E-state index in [4.69, 9.17) is 0 Å². The van der Waals surface area contributed by atoms with Gasteiger partial charge in [-0.05, 0) is 18.9 Å². The van der Waals surface area contributed by atoms with Crippen LogP contribution < -0.4 is 0 Å². The predicted octanol–water partition coefficient (Wildman–Crippen LogP) is 2.37. The fraction of sp³-hybridized carbons (Fsp3) is 0.154. The Morgan fingerprint density at radius 1 is 1.19 bits per heavy atom. The highest BCUT2D eigenvalue weighted by Crippen LogP contribution is 2.32. The molecule has 0 saturated carbocycles. The quantitative estimate of drug-likeness (QED) is 0.453. The highest BCUT2D eigenvalue weighted by molar-refractivity contribution is 5.84. The Morgan fingerprint density at radius 2 is 1.81 bits per heavy atom. The van der Waals surface area contributed by atoms with E-state index >= 15 is 0 Å². The Kier molecular flexibility index (Phi) is 3.89. The molecule has 3 nitrogen and oxygen atoms in total. The Hall–Kier alpha value is -2.03. The van der Waals surface area contributed by atoms with Crippen LogP contribution in [0.15, 0.2) is 31.4 Å². The molecule has 84 valence electrons. The standard InChI is InChI=1S/C13H14O3/c1-3-5-9-7-12(15)10(6-4-2)11(8-14)13(9)16/h3-4,7-8,15-16H,1-2,5-6H2. The van der Waals surface area contributed by atoms with Crippen molar-refractivity contribution in [3.05, 3.63) is 48.1 Å². The lowest BCUT2D eigenvalue weighted by atomic mass is 9.98. The molecule has 3 heteroatoms. The topological polar surface area (TPSA) is 57.5 Å². The normalized spacial score (nSPS) is 9.75. The number of hydrogen-bond acceptors (Lipinski definition) is 3. The van der Waals surface area contributed by atoms with Gasteiger partial charge in [-0.15, -0.1) is 13.2 Å². The molecule has 0 fully saturated rings. The van der Waals surface area contributed by atoms with Crippen LogP contribution in [0.5, 0.6) is 11.5 Å². The third-order valence-corrected chi connectivity index (χ3v) is 2.34. The molecule has 0 aromatic heterocycles. The van der Waals surface area contributed by atoms with Gasteiger partial charge in [-0.3, -0.25) is 4.79 Å². The van der Waals surface area contributed by atoms with Crippen LogP contribution in [0.3, 0.4) is 0 Å². The minimum atomic E-state index is -0.0930. The molecule has 1 aromatic carbocycles. The Bertz CT molecular complexity index is 433. The maximum absolute atomic E-state index is 10.9. The van der Waals surface area contributed by atoms with Crippen molar-refractivity contribution in [3.8, 4) is 11.5 Å². The van der Waals surface area contributed by atoms with Crippen LogP contribution in [0.4, 0.5) is 0 Å². The minimum absolute atomic E-state index is 0.00310. The van der Waals surface area contributed by atoms with Crippen molar-refractivity contribution in [2.45, 2.75) is 12.8 Å². The second-order valence-electron chi connectivity index (χ2n) is 3.40. The van der Waals surface area contributed by atoms with Crippen molar-refractivity contribution >= 4 is 6.29 Å². The van der Waals surface area contributed by atoms with Crippen LogP contribution >= 0.6 is 0 Å². The van der Waals surface area contributed by atoms with Gasteiger partial charge in [0.1, 0.15) is 11.5 Å². The number of allylic oxidation sites excluding steroid dienone is 2. The number of phenols is 2. The monoisotopic (exact) mass is 218 g/mol. The lowest BCUT2D eigenvalue weighted by Gasteiger charge is -2.11. The van der Waals surface area contributed by atoms with Crippen LogP contribution in [0.2, 0.25) is 0 Å². The molecule has 0 saturated heterocycles. The van der Waals surface area contributed by atoms with E-state index in [1.54, 1.807) is 12.2 Å². The van der Waals surface area contributed by atoms with Gasteiger partial charge in [0.15, 0.2) is 6.29 Å². The van der Waals surface area contributed by atoms with Crippen LogP contribution in [-0.4, -0.2) is 16.5 Å². The summed E-state index contributed by atoms with van der Waals surface area (Å²) >= 11 is 0. The zero-order valence-corrected chi connectivity index (χ0v) is 8.94. The van der Waals surface area contributed by atoms with Crippen molar-refractivity contribution in [3.63, 3.8) is 0 Å². The van der Waals surface area contributed by atoms with Crippen molar-refractivity contribution in [1.82, 2.24) is 0 Å². The molecule has 0 spiro atoms. The zero-order valence-electron chi connectivity index (χ0n) is 8.94. The molecular formula is C13H14O3. The summed E-state index contributed by atoms with van der Waals surface area (Å²) < 4.78 is 0. The van der Waals surface area contributed by atoms with Gasteiger partial charge in [-0.1, -0.05) is 12.2 Å². The molecule has 0 aliphatic rings. The number of aromatic hydroxyl groups is 2. The van der Waals surface area contributed by atoms with E-state index in [2.05, 4.69) is 13.2 Å². The number of phenolic OH excluding ortho intramolecular Hbond substituents is 2. The fourth-order valence-electron chi connectivity index (χ4n) is 1.57. The average Bonchev–Trinajstić information content (AvgIpc) is 2.26. The average molecular weight is 218 g/mol. The highest BCUT2D eigenvalue weighted by atomic mass is 16.3. The number of rotatable bonds is 5. The summed E-state index contributed by atoms with van der Waals surface area (Å²) in [6.07, 6.45) is 4.43. The van der Waals surface area contributed by atoms with Gasteiger partial charge < -0.3 is 10.2 Å². The van der Waals surface area contributed by atoms with Crippen LogP contribution in [0, 0.1) is 0 Å². The fourth-order valence-corrected chi connectivity index (χ4v) is 1.57. The van der Waals surface area contributed by atoms with Gasteiger partial charge >= 0.3 is 0 Å². The van der Waals surface area contributed by atoms with E-state index in [1.807, 2.05) is 0 Å². The van der Waals surface area contributed by atoms with Gasteiger partial charge in [0.05, 0.1) is 5.56 Å². The van der Waals surface area contributed by atoms with Crippen LogP contribution in [0.1, 0.15) is 21.5 Å². The summed E-state index contributed by atoms with van der Waals surface area (Å²) in [5.41, 5.74) is 1.01. The summed E-state index contributed by atoms with van der Waals surface area (Å²) in [7, 11) is 0. The zero-order chi connectivity index (χ0) is 12.1. The lowest BCUT2D eigenvalue weighted by Crippen LogP contribution is -1.97. The summed E-state index contributed by atoms with van der Waals surface area (Å²) in [6, 6.07) is 1.45. The molecule has 0 unspecified atom stereocenters. The summed E-state index contributed by atoms with van der Waals surface area (Å²) in [4.78, 5) is 10.9. The minimum Gasteiger partial charge on any atom is -0.508 e. The lowest BCUT2D eigenvalue weighted by molar-refractivity contribution is 0.111. The SMILES string of the molecule is C=CCc1cc(O)c(CC=C)c(C=O)c1O. The highest BCUT2D eigenvalue weighted by Gasteiger charge is 2.15. The molecule has 16 heavy (non-hydrogen) atoms. The second-order valence-corrected chi connectivity index (χ2v) is 3.40. The van der Waals surface area contributed by atoms with E-state index in [-0.39, 0.29) is 17.1 Å². The molecule has 0 amide bonds. The van der Waals surface area contributed by atoms with E-state index in [1.165, 1.54) is 6.07 Å². The Balaban J connectivity index is 3.42. The molecule has 2 N–H and O–H groups in total. The van der Waals surface area contributed by atoms with Gasteiger partial charge in [0, 0.05) is 11.1 Å². The maximum atomic E-state index is 10.9. The van der Waals surface area contributed by atoms with Crippen LogP contribution in [-0.2, 0) is 12.8 Å². The van der Waals surface area contributed by atoms with Gasteiger partial charge in [-0.2, -0.15) is 0 Å². The maximum Gasteiger partial charge on any atom is 0.154 e. The van der Waals surface area contributed by atoms with E-state index in [0.29, 0.717) is 30.3 Å². The van der Waals surface area contributed by atoms with Crippen LogP contribution in [0.25, 0.3) is 0 Å². The van der Waals surface area contributed by atoms with E-state index in [9.17, 15) is 15.0 Å². The number of benzene rings is 1. The molecule has 0 aliphatic heterocycles. The number of carbonyl (C=O) groups excluding carboxylic acids is 1. The predicted molar refractivity (Wildman–Crippen MR) is 63.0 cm³/mol. The summed E-state index contributed by atoms with van der Waals surface area (Å²) in [5.74, 6) is -0.0961. The first kappa shape index (κ1) is 12.0. The van der Waals surface area contributed by atoms with Gasteiger partial charge in [0.25, 0.3) is 0 Å². The molecule has 0 radical (unpaired) electrons. The van der Waals surface area contributed by atoms with E-state index in [0.717, 1.165) is 0 Å². The molecule has 0 bridgehead atoms. The molecular weight excluding hydrogens is 204 g/mol. The molecule has 0 aliphatic carbocycles. The first-order valence-corrected chi connectivity index (χ1v) is 4.89. The van der Waals surface area contributed by atoms with Crippen molar-refractivity contribution in [1.29, 1.82) is 0 Å². The van der Waals surface area contributed by atoms with Crippen molar-refractivity contribution in [2.75, 3.05) is 0 Å². The van der Waals surface area contributed by atoms with Crippen molar-refractivity contribution < 1.29 is 15.0 Å². The second kappa shape index (κ2) is 5.16. The largest absolute Gasteiger partial charge is 0.508 e. The van der Waals surface area contributed by atoms with E-state index < -0.39 is 0 Å². The first-order valence-electron chi connectivity index (χ1n) is 4.89. The third-order valence-electron chi connectivity index (χ3n) is 2.34. The Morgan fingerprint density at radius 3 is 2.31 bits per heavy atom. The summed E-state index contributed by atoms with van der Waals surface area (Å²) in [5, 5.41) is 19.6. The number of hydrogen-bond donors (Lipinski definition) is 2. The number of carbonyl (C=O) groups is 1. The Labute approximate surface area is 94.4 Å².